The summed E-state index contributed by atoms with van der Waals surface area (Å²) in [5.41, 5.74) is 3.26. The fourth-order valence-electron chi connectivity index (χ4n) is 3.09. The highest BCUT2D eigenvalue weighted by Crippen LogP contribution is 2.27. The van der Waals surface area contributed by atoms with Crippen LogP contribution in [0.1, 0.15) is 27.5 Å². The first-order chi connectivity index (χ1) is 10.7. The van der Waals surface area contributed by atoms with Crippen LogP contribution >= 0.6 is 0 Å². The van der Waals surface area contributed by atoms with Crippen LogP contribution in [0.2, 0.25) is 0 Å². The lowest BCUT2D eigenvalue weighted by atomic mass is 9.94. The Balaban J connectivity index is 2.03. The lowest BCUT2D eigenvalue weighted by molar-refractivity contribution is 0.0781. The molecule has 0 N–H and O–H groups in total. The van der Waals surface area contributed by atoms with E-state index in [2.05, 4.69) is 42.3 Å². The third-order valence-electron chi connectivity index (χ3n) is 4.51. The van der Waals surface area contributed by atoms with Crippen molar-refractivity contribution in [1.29, 1.82) is 0 Å². The van der Waals surface area contributed by atoms with Gasteiger partial charge in [-0.05, 0) is 30.7 Å². The third kappa shape index (κ3) is 2.90. The van der Waals surface area contributed by atoms with Gasteiger partial charge in [-0.25, -0.2) is 0 Å². The molecule has 1 unspecified atom stereocenters. The van der Waals surface area contributed by atoms with Gasteiger partial charge in [0.2, 0.25) is 0 Å². The van der Waals surface area contributed by atoms with Crippen molar-refractivity contribution >= 4 is 5.91 Å². The largest absolute Gasteiger partial charge is 0.340 e. The van der Waals surface area contributed by atoms with Gasteiger partial charge in [0.1, 0.15) is 0 Å². The van der Waals surface area contributed by atoms with Gasteiger partial charge < -0.3 is 4.90 Å². The minimum Gasteiger partial charge on any atom is -0.340 e. The first-order valence-corrected chi connectivity index (χ1v) is 7.75. The molecule has 0 aliphatic carbocycles. The molecule has 0 bridgehead atoms. The molecule has 0 radical (unpaired) electrons. The van der Waals surface area contributed by atoms with Gasteiger partial charge in [0.25, 0.3) is 5.91 Å². The van der Waals surface area contributed by atoms with Gasteiger partial charge in [0.05, 0.1) is 0 Å². The Hall–Kier alpha value is -2.13. The zero-order valence-electron chi connectivity index (χ0n) is 13.2. The molecule has 0 saturated heterocycles. The van der Waals surface area contributed by atoms with Crippen LogP contribution in [0.3, 0.4) is 0 Å². The Kier molecular flexibility index (Phi) is 4.25. The van der Waals surface area contributed by atoms with E-state index in [0.29, 0.717) is 6.04 Å². The summed E-state index contributed by atoms with van der Waals surface area (Å²) in [6, 6.07) is 18.8. The molecule has 0 saturated carbocycles. The first-order valence-electron chi connectivity index (χ1n) is 7.75. The zero-order chi connectivity index (χ0) is 15.5. The van der Waals surface area contributed by atoms with E-state index in [1.165, 1.54) is 5.56 Å². The van der Waals surface area contributed by atoms with E-state index in [-0.39, 0.29) is 5.91 Å². The third-order valence-corrected chi connectivity index (χ3v) is 4.51. The molecule has 22 heavy (non-hydrogen) atoms. The van der Waals surface area contributed by atoms with Crippen LogP contribution in [0.5, 0.6) is 0 Å². The smallest absolute Gasteiger partial charge is 0.253 e. The van der Waals surface area contributed by atoms with E-state index in [1.54, 1.807) is 0 Å². The van der Waals surface area contributed by atoms with Crippen molar-refractivity contribution < 1.29 is 4.79 Å². The molecule has 1 heterocycles. The highest BCUT2D eigenvalue weighted by molar-refractivity contribution is 5.95. The van der Waals surface area contributed by atoms with E-state index in [0.717, 1.165) is 30.6 Å². The fourth-order valence-corrected chi connectivity index (χ4v) is 3.09. The standard InChI is InChI=1S/C19H22N2O/c1-20-12-13-21(2)19(22)17-11-7-6-10-16(17)14-18(20)15-8-4-3-5-9-15/h3-11,18H,12-14H2,1-2H3. The molecule has 0 spiro atoms. The summed E-state index contributed by atoms with van der Waals surface area (Å²) in [5.74, 6) is 0.123. The summed E-state index contributed by atoms with van der Waals surface area (Å²) in [7, 11) is 4.03. The number of carbonyl (C=O) groups is 1. The van der Waals surface area contributed by atoms with E-state index < -0.39 is 0 Å². The van der Waals surface area contributed by atoms with Gasteiger partial charge in [-0.15, -0.1) is 0 Å². The lowest BCUT2D eigenvalue weighted by Gasteiger charge is -2.28. The maximum atomic E-state index is 12.6. The van der Waals surface area contributed by atoms with Crippen LogP contribution in [-0.4, -0.2) is 42.9 Å². The van der Waals surface area contributed by atoms with Crippen molar-refractivity contribution in [3.8, 4) is 0 Å². The molecule has 3 rings (SSSR count). The van der Waals surface area contributed by atoms with Crippen molar-refractivity contribution in [1.82, 2.24) is 9.80 Å². The number of hydrogen-bond donors (Lipinski definition) is 0. The number of amides is 1. The SMILES string of the molecule is CN1CCN(C)C(c2ccccc2)Cc2ccccc2C1=O. The van der Waals surface area contributed by atoms with Crippen molar-refractivity contribution in [2.45, 2.75) is 12.5 Å². The van der Waals surface area contributed by atoms with E-state index in [9.17, 15) is 4.79 Å². The Morgan fingerprint density at radius 2 is 1.59 bits per heavy atom. The van der Waals surface area contributed by atoms with Crippen LogP contribution in [0.25, 0.3) is 0 Å². The van der Waals surface area contributed by atoms with Gasteiger partial charge in [-0.3, -0.25) is 9.69 Å². The number of hydrogen-bond acceptors (Lipinski definition) is 2. The van der Waals surface area contributed by atoms with Crippen LogP contribution in [0, 0.1) is 0 Å². The summed E-state index contributed by atoms with van der Waals surface area (Å²) >= 11 is 0. The maximum Gasteiger partial charge on any atom is 0.253 e. The Morgan fingerprint density at radius 3 is 2.36 bits per heavy atom. The second-order valence-electron chi connectivity index (χ2n) is 6.00. The second-order valence-corrected chi connectivity index (χ2v) is 6.00. The van der Waals surface area contributed by atoms with Crippen LogP contribution in [0.15, 0.2) is 54.6 Å². The Bertz CT molecular complexity index is 653. The van der Waals surface area contributed by atoms with Gasteiger partial charge >= 0.3 is 0 Å². The number of nitrogens with zero attached hydrogens (tertiary/aromatic N) is 2. The van der Waals surface area contributed by atoms with Gasteiger partial charge in [0.15, 0.2) is 0 Å². The summed E-state index contributed by atoms with van der Waals surface area (Å²) < 4.78 is 0. The maximum absolute atomic E-state index is 12.6. The molecule has 2 aromatic carbocycles. The number of rotatable bonds is 1. The average Bonchev–Trinajstić information content (AvgIpc) is 2.61. The van der Waals surface area contributed by atoms with Gasteiger partial charge in [0, 0.05) is 31.7 Å². The van der Waals surface area contributed by atoms with E-state index in [4.69, 9.17) is 0 Å². The molecular formula is C19H22N2O. The molecule has 1 aliphatic heterocycles. The Labute approximate surface area is 132 Å². The highest BCUT2D eigenvalue weighted by atomic mass is 16.2. The predicted molar refractivity (Wildman–Crippen MR) is 88.9 cm³/mol. The molecule has 3 heteroatoms. The first kappa shape index (κ1) is 14.8. The lowest BCUT2D eigenvalue weighted by Crippen LogP contribution is -2.35. The van der Waals surface area contributed by atoms with E-state index in [1.807, 2.05) is 36.2 Å². The minimum atomic E-state index is 0.123. The monoisotopic (exact) mass is 294 g/mol. The number of likely N-dealkylation sites (N-methyl/N-ethyl adjacent to an activating group) is 2. The fraction of sp³-hybridized carbons (Fsp3) is 0.316. The zero-order valence-corrected chi connectivity index (χ0v) is 13.2. The molecule has 1 atom stereocenters. The number of benzene rings is 2. The number of fused-ring (bicyclic) bond motifs is 1. The quantitative estimate of drug-likeness (QED) is 0.807. The molecule has 0 fully saturated rings. The molecule has 1 aliphatic rings. The van der Waals surface area contributed by atoms with Crippen LogP contribution < -0.4 is 0 Å². The molecule has 2 aromatic rings. The topological polar surface area (TPSA) is 23.6 Å². The van der Waals surface area contributed by atoms with Crippen LogP contribution in [-0.2, 0) is 6.42 Å². The Morgan fingerprint density at radius 1 is 0.909 bits per heavy atom. The van der Waals surface area contributed by atoms with E-state index >= 15 is 0 Å². The molecule has 0 aromatic heterocycles. The summed E-state index contributed by atoms with van der Waals surface area (Å²) in [4.78, 5) is 16.8. The molecular weight excluding hydrogens is 272 g/mol. The summed E-state index contributed by atoms with van der Waals surface area (Å²) in [5, 5.41) is 0. The average molecular weight is 294 g/mol. The van der Waals surface area contributed by atoms with Crippen LogP contribution in [0.4, 0.5) is 0 Å². The molecule has 1 amide bonds. The van der Waals surface area contributed by atoms with Crippen molar-refractivity contribution in [3.63, 3.8) is 0 Å². The normalized spacial score (nSPS) is 20.0. The van der Waals surface area contributed by atoms with Crippen molar-refractivity contribution in [3.05, 3.63) is 71.3 Å². The van der Waals surface area contributed by atoms with Crippen molar-refractivity contribution in [2.24, 2.45) is 0 Å². The van der Waals surface area contributed by atoms with Crippen molar-refractivity contribution in [2.75, 3.05) is 27.2 Å². The van der Waals surface area contributed by atoms with Gasteiger partial charge in [-0.2, -0.15) is 0 Å². The predicted octanol–water partition coefficient (Wildman–Crippen LogP) is 2.99. The summed E-state index contributed by atoms with van der Waals surface area (Å²) in [6.45, 7) is 1.61. The second kappa shape index (κ2) is 6.32. The molecule has 114 valence electrons. The summed E-state index contributed by atoms with van der Waals surface area (Å²) in [6.07, 6.45) is 0.857. The van der Waals surface area contributed by atoms with Gasteiger partial charge in [-0.1, -0.05) is 48.5 Å². The molecule has 3 nitrogen and oxygen atoms in total. The minimum absolute atomic E-state index is 0.123. The number of carbonyl (C=O) groups excluding carboxylic acids is 1. The highest BCUT2D eigenvalue weighted by Gasteiger charge is 2.24.